The van der Waals surface area contributed by atoms with Crippen LogP contribution < -0.4 is 5.32 Å². The lowest BCUT2D eigenvalue weighted by molar-refractivity contribution is -0.137. The molecule has 0 spiro atoms. The topological polar surface area (TPSA) is 76.1 Å². The summed E-state index contributed by atoms with van der Waals surface area (Å²) in [4.78, 5) is 16.0. The summed E-state index contributed by atoms with van der Waals surface area (Å²) in [6, 6.07) is 1.86. The molecule has 1 unspecified atom stereocenters. The van der Waals surface area contributed by atoms with Gasteiger partial charge in [-0.1, -0.05) is 0 Å². The van der Waals surface area contributed by atoms with Gasteiger partial charge in [0.2, 0.25) is 5.91 Å². The SMILES string of the molecule is CC(CS(C)(=O)=O)(C(=O)Nc1ccc(C(F)(F)F)cn1)C1CC1. The molecule has 0 aromatic carbocycles. The number of sulfone groups is 1. The molecule has 0 bridgehead atoms. The van der Waals surface area contributed by atoms with E-state index in [1.807, 2.05) is 0 Å². The van der Waals surface area contributed by atoms with Crippen LogP contribution in [0.1, 0.15) is 25.3 Å². The zero-order valence-corrected chi connectivity index (χ0v) is 13.5. The number of hydrogen-bond acceptors (Lipinski definition) is 4. The molecule has 23 heavy (non-hydrogen) atoms. The minimum absolute atomic E-state index is 0.0385. The Labute approximate surface area is 132 Å². The lowest BCUT2D eigenvalue weighted by Crippen LogP contribution is -2.41. The Kier molecular flexibility index (Phi) is 4.44. The Bertz CT molecular complexity index is 697. The van der Waals surface area contributed by atoms with E-state index in [0.717, 1.165) is 31.2 Å². The molecule has 1 fully saturated rings. The molecular formula is C14H17F3N2O3S. The summed E-state index contributed by atoms with van der Waals surface area (Å²) in [7, 11) is -3.38. The molecule has 1 saturated carbocycles. The van der Waals surface area contributed by atoms with Gasteiger partial charge in [-0.25, -0.2) is 13.4 Å². The summed E-state index contributed by atoms with van der Waals surface area (Å²) in [5.41, 5.74) is -2.03. The van der Waals surface area contributed by atoms with Crippen LogP contribution in [-0.2, 0) is 20.8 Å². The molecule has 9 heteroatoms. The van der Waals surface area contributed by atoms with E-state index in [-0.39, 0.29) is 17.5 Å². The van der Waals surface area contributed by atoms with Gasteiger partial charge in [0.25, 0.3) is 0 Å². The molecule has 1 heterocycles. The van der Waals surface area contributed by atoms with Crippen molar-refractivity contribution in [2.24, 2.45) is 11.3 Å². The van der Waals surface area contributed by atoms with Gasteiger partial charge in [0.05, 0.1) is 16.7 Å². The number of nitrogens with one attached hydrogen (secondary N) is 1. The van der Waals surface area contributed by atoms with E-state index in [2.05, 4.69) is 10.3 Å². The zero-order valence-electron chi connectivity index (χ0n) is 12.6. The van der Waals surface area contributed by atoms with E-state index in [9.17, 15) is 26.4 Å². The van der Waals surface area contributed by atoms with Crippen LogP contribution in [0.5, 0.6) is 0 Å². The maximum Gasteiger partial charge on any atom is 0.417 e. The monoisotopic (exact) mass is 350 g/mol. The minimum Gasteiger partial charge on any atom is -0.310 e. The van der Waals surface area contributed by atoms with Crippen molar-refractivity contribution in [3.05, 3.63) is 23.9 Å². The van der Waals surface area contributed by atoms with Gasteiger partial charge in [-0.3, -0.25) is 4.79 Å². The van der Waals surface area contributed by atoms with Gasteiger partial charge in [0.1, 0.15) is 15.7 Å². The van der Waals surface area contributed by atoms with Crippen molar-refractivity contribution < 1.29 is 26.4 Å². The van der Waals surface area contributed by atoms with E-state index >= 15 is 0 Å². The zero-order chi connectivity index (χ0) is 17.5. The molecule has 1 aromatic heterocycles. The summed E-state index contributed by atoms with van der Waals surface area (Å²) < 4.78 is 60.6. The molecule has 1 aromatic rings. The number of aromatic nitrogens is 1. The van der Waals surface area contributed by atoms with Crippen molar-refractivity contribution >= 4 is 21.6 Å². The number of nitrogens with zero attached hydrogens (tertiary/aromatic N) is 1. The van der Waals surface area contributed by atoms with Crippen LogP contribution in [0.4, 0.5) is 19.0 Å². The van der Waals surface area contributed by atoms with E-state index in [1.165, 1.54) is 0 Å². The highest BCUT2D eigenvalue weighted by Gasteiger charge is 2.49. The third kappa shape index (κ3) is 4.43. The lowest BCUT2D eigenvalue weighted by Gasteiger charge is -2.27. The van der Waals surface area contributed by atoms with Gasteiger partial charge in [-0.2, -0.15) is 13.2 Å². The quantitative estimate of drug-likeness (QED) is 0.885. The Morgan fingerprint density at radius 2 is 1.96 bits per heavy atom. The van der Waals surface area contributed by atoms with Gasteiger partial charge in [0, 0.05) is 12.5 Å². The number of pyridine rings is 1. The molecule has 1 aliphatic carbocycles. The first-order valence-corrected chi connectivity index (χ1v) is 9.00. The number of alkyl halides is 3. The fourth-order valence-corrected chi connectivity index (χ4v) is 3.98. The highest BCUT2D eigenvalue weighted by atomic mass is 32.2. The van der Waals surface area contributed by atoms with Crippen molar-refractivity contribution in [2.45, 2.75) is 25.9 Å². The van der Waals surface area contributed by atoms with Crippen molar-refractivity contribution in [3.63, 3.8) is 0 Å². The molecule has 1 atom stereocenters. The van der Waals surface area contributed by atoms with E-state index in [4.69, 9.17) is 0 Å². The summed E-state index contributed by atoms with van der Waals surface area (Å²) in [5.74, 6) is -0.940. The number of rotatable bonds is 5. The van der Waals surface area contributed by atoms with Crippen LogP contribution in [0, 0.1) is 11.3 Å². The van der Waals surface area contributed by atoms with Gasteiger partial charge in [-0.05, 0) is 37.8 Å². The molecule has 5 nitrogen and oxygen atoms in total. The number of halogens is 3. The number of anilines is 1. The first-order valence-electron chi connectivity index (χ1n) is 6.94. The Balaban J connectivity index is 2.16. The fraction of sp³-hybridized carbons (Fsp3) is 0.571. The van der Waals surface area contributed by atoms with E-state index in [0.29, 0.717) is 6.20 Å². The van der Waals surface area contributed by atoms with Crippen LogP contribution in [0.15, 0.2) is 18.3 Å². The minimum atomic E-state index is -4.51. The summed E-state index contributed by atoms with van der Waals surface area (Å²) in [6.07, 6.45) is -1.33. The van der Waals surface area contributed by atoms with Gasteiger partial charge < -0.3 is 5.32 Å². The molecule has 0 aliphatic heterocycles. The van der Waals surface area contributed by atoms with Crippen LogP contribution in [-0.4, -0.2) is 31.3 Å². The van der Waals surface area contributed by atoms with Crippen molar-refractivity contribution in [3.8, 4) is 0 Å². The molecule has 1 N–H and O–H groups in total. The van der Waals surface area contributed by atoms with Crippen LogP contribution in [0.2, 0.25) is 0 Å². The first kappa shape index (κ1) is 17.7. The Hall–Kier alpha value is -1.64. The van der Waals surface area contributed by atoms with Crippen molar-refractivity contribution in [1.82, 2.24) is 4.98 Å². The third-order valence-corrected chi connectivity index (χ3v) is 5.02. The van der Waals surface area contributed by atoms with Crippen molar-refractivity contribution in [2.75, 3.05) is 17.3 Å². The third-order valence-electron chi connectivity index (χ3n) is 3.89. The Morgan fingerprint density at radius 3 is 2.35 bits per heavy atom. The molecule has 1 aliphatic rings. The fourth-order valence-electron chi connectivity index (χ4n) is 2.53. The average Bonchev–Trinajstić information content (AvgIpc) is 3.20. The molecule has 2 rings (SSSR count). The second-order valence-electron chi connectivity index (χ2n) is 6.15. The molecule has 128 valence electrons. The summed E-state index contributed by atoms with van der Waals surface area (Å²) in [5, 5.41) is 2.42. The highest BCUT2D eigenvalue weighted by molar-refractivity contribution is 7.90. The van der Waals surface area contributed by atoms with Crippen LogP contribution >= 0.6 is 0 Å². The second kappa shape index (κ2) is 5.77. The van der Waals surface area contributed by atoms with Crippen LogP contribution in [0.3, 0.4) is 0 Å². The van der Waals surface area contributed by atoms with E-state index in [1.54, 1.807) is 6.92 Å². The van der Waals surface area contributed by atoms with Crippen LogP contribution in [0.25, 0.3) is 0 Å². The number of hydrogen-bond donors (Lipinski definition) is 1. The molecule has 0 saturated heterocycles. The molecule has 1 amide bonds. The predicted octanol–water partition coefficient (Wildman–Crippen LogP) is 2.50. The van der Waals surface area contributed by atoms with Crippen molar-refractivity contribution in [1.29, 1.82) is 0 Å². The first-order chi connectivity index (χ1) is 10.4. The maximum atomic E-state index is 12.5. The van der Waals surface area contributed by atoms with Gasteiger partial charge in [0.15, 0.2) is 0 Å². The number of amides is 1. The van der Waals surface area contributed by atoms with Gasteiger partial charge >= 0.3 is 6.18 Å². The second-order valence-corrected chi connectivity index (χ2v) is 8.29. The normalized spacial score (nSPS) is 18.3. The lowest BCUT2D eigenvalue weighted by atomic mass is 9.86. The maximum absolute atomic E-state index is 12.5. The summed E-state index contributed by atoms with van der Waals surface area (Å²) >= 11 is 0. The molecule has 0 radical (unpaired) electrons. The highest BCUT2D eigenvalue weighted by Crippen LogP contribution is 2.46. The largest absolute Gasteiger partial charge is 0.417 e. The summed E-state index contributed by atoms with van der Waals surface area (Å²) in [6.45, 7) is 1.56. The number of carbonyl (C=O) groups excluding carboxylic acids is 1. The molecular weight excluding hydrogens is 333 g/mol. The predicted molar refractivity (Wildman–Crippen MR) is 78.4 cm³/mol. The van der Waals surface area contributed by atoms with E-state index < -0.39 is 32.9 Å². The smallest absolute Gasteiger partial charge is 0.310 e. The van der Waals surface area contributed by atoms with Gasteiger partial charge in [-0.15, -0.1) is 0 Å². The average molecular weight is 350 g/mol. The Morgan fingerprint density at radius 1 is 1.35 bits per heavy atom. The number of carbonyl (C=O) groups is 1. The standard InChI is InChI=1S/C14H17F3N2O3S/c1-13(9-3-4-9,8-23(2,21)22)12(20)19-11-6-5-10(7-18-11)14(15,16)17/h5-7,9H,3-4,8H2,1-2H3,(H,18,19,20).